The molecule has 3 heterocycles. The molecule has 0 unspecified atom stereocenters. The summed E-state index contributed by atoms with van der Waals surface area (Å²) in [6.07, 6.45) is 1.37. The summed E-state index contributed by atoms with van der Waals surface area (Å²) < 4.78 is 5.71. The first-order valence-corrected chi connectivity index (χ1v) is 7.75. The number of nitrogens with zero attached hydrogens (tertiary/aromatic N) is 3. The number of fused-ring (bicyclic) bond motifs is 1. The highest BCUT2D eigenvalue weighted by Crippen LogP contribution is 2.24. The van der Waals surface area contributed by atoms with Gasteiger partial charge in [-0.3, -0.25) is 9.69 Å². The van der Waals surface area contributed by atoms with Crippen LogP contribution in [0.1, 0.15) is 23.8 Å². The van der Waals surface area contributed by atoms with E-state index in [-0.39, 0.29) is 5.91 Å². The van der Waals surface area contributed by atoms with Crippen molar-refractivity contribution in [3.05, 3.63) is 16.6 Å². The van der Waals surface area contributed by atoms with Crippen molar-refractivity contribution in [3.63, 3.8) is 0 Å². The van der Waals surface area contributed by atoms with E-state index in [0.29, 0.717) is 17.8 Å². The van der Waals surface area contributed by atoms with Crippen LogP contribution in [0.3, 0.4) is 0 Å². The number of carbonyl (C=O) groups is 1. The number of carbonyl (C=O) groups excluding carboxylic acids is 1. The molecule has 0 spiro atoms. The van der Waals surface area contributed by atoms with Crippen LogP contribution in [0.25, 0.3) is 0 Å². The van der Waals surface area contributed by atoms with Gasteiger partial charge in [-0.25, -0.2) is 4.98 Å². The van der Waals surface area contributed by atoms with E-state index in [0.717, 1.165) is 39.2 Å². The molecule has 1 aromatic rings. The molecular weight excluding hydrogens is 262 g/mol. The molecule has 0 aliphatic carbocycles. The lowest BCUT2D eigenvalue weighted by atomic mass is 10.1. The standard InChI is InChI=1S/C13H19N3O2S/c1-2-18-11-5-10-6-16(4-3-15(10)7-11)13(17)12-8-19-9-14-12/h8-11H,2-7H2,1H3/t10-,11-/m1/s1. The zero-order valence-electron chi connectivity index (χ0n) is 11.1. The predicted molar refractivity (Wildman–Crippen MR) is 73.4 cm³/mol. The van der Waals surface area contributed by atoms with E-state index in [9.17, 15) is 4.79 Å². The van der Waals surface area contributed by atoms with E-state index < -0.39 is 0 Å². The van der Waals surface area contributed by atoms with Crippen LogP contribution in [0.15, 0.2) is 10.9 Å². The largest absolute Gasteiger partial charge is 0.377 e. The molecule has 0 N–H and O–H groups in total. The first kappa shape index (κ1) is 13.0. The number of amides is 1. The normalized spacial score (nSPS) is 27.5. The second kappa shape index (κ2) is 5.56. The molecule has 1 aromatic heterocycles. The minimum atomic E-state index is 0.0701. The van der Waals surface area contributed by atoms with E-state index in [1.165, 1.54) is 11.3 Å². The van der Waals surface area contributed by atoms with Gasteiger partial charge in [-0.1, -0.05) is 0 Å². The molecule has 2 atom stereocenters. The topological polar surface area (TPSA) is 45.7 Å². The number of aromatic nitrogens is 1. The zero-order valence-corrected chi connectivity index (χ0v) is 11.9. The molecule has 1 amide bonds. The molecular formula is C13H19N3O2S. The lowest BCUT2D eigenvalue weighted by Gasteiger charge is -2.36. The van der Waals surface area contributed by atoms with Gasteiger partial charge in [0.1, 0.15) is 5.69 Å². The third-order valence-corrected chi connectivity index (χ3v) is 4.51. The Kier molecular flexibility index (Phi) is 3.81. The van der Waals surface area contributed by atoms with Crippen molar-refractivity contribution in [2.75, 3.05) is 32.8 Å². The molecule has 2 aliphatic heterocycles. The monoisotopic (exact) mass is 281 g/mol. The van der Waals surface area contributed by atoms with Crippen LogP contribution in [0.5, 0.6) is 0 Å². The van der Waals surface area contributed by atoms with Gasteiger partial charge in [0, 0.05) is 44.2 Å². The van der Waals surface area contributed by atoms with Gasteiger partial charge in [-0.05, 0) is 13.3 Å². The summed E-state index contributed by atoms with van der Waals surface area (Å²) in [7, 11) is 0. The summed E-state index contributed by atoms with van der Waals surface area (Å²) >= 11 is 1.47. The first-order chi connectivity index (χ1) is 9.28. The van der Waals surface area contributed by atoms with E-state index in [1.807, 2.05) is 17.2 Å². The van der Waals surface area contributed by atoms with Gasteiger partial charge in [0.15, 0.2) is 0 Å². The van der Waals surface area contributed by atoms with Crippen molar-refractivity contribution in [1.29, 1.82) is 0 Å². The molecule has 5 nitrogen and oxygen atoms in total. The van der Waals surface area contributed by atoms with Crippen LogP contribution < -0.4 is 0 Å². The number of ether oxygens (including phenoxy) is 1. The van der Waals surface area contributed by atoms with Gasteiger partial charge in [0.2, 0.25) is 0 Å². The molecule has 3 rings (SSSR count). The van der Waals surface area contributed by atoms with E-state index in [1.54, 1.807) is 5.51 Å². The molecule has 0 radical (unpaired) electrons. The number of piperazine rings is 1. The second-order valence-electron chi connectivity index (χ2n) is 5.09. The molecule has 2 aliphatic rings. The molecule has 2 saturated heterocycles. The van der Waals surface area contributed by atoms with Crippen LogP contribution in [-0.2, 0) is 4.74 Å². The third kappa shape index (κ3) is 2.66. The van der Waals surface area contributed by atoms with Crippen LogP contribution in [-0.4, -0.2) is 65.6 Å². The molecule has 2 fully saturated rings. The summed E-state index contributed by atoms with van der Waals surface area (Å²) in [4.78, 5) is 20.8. The van der Waals surface area contributed by atoms with Crippen LogP contribution >= 0.6 is 11.3 Å². The van der Waals surface area contributed by atoms with Gasteiger partial charge in [-0.2, -0.15) is 0 Å². The summed E-state index contributed by atoms with van der Waals surface area (Å²) in [5.41, 5.74) is 2.29. The molecule has 19 heavy (non-hydrogen) atoms. The minimum Gasteiger partial charge on any atom is -0.377 e. The Balaban J connectivity index is 1.62. The van der Waals surface area contributed by atoms with E-state index in [4.69, 9.17) is 4.74 Å². The van der Waals surface area contributed by atoms with Crippen molar-refractivity contribution in [2.45, 2.75) is 25.5 Å². The van der Waals surface area contributed by atoms with E-state index in [2.05, 4.69) is 9.88 Å². The average Bonchev–Trinajstić information content (AvgIpc) is 3.06. The second-order valence-corrected chi connectivity index (χ2v) is 5.81. The third-order valence-electron chi connectivity index (χ3n) is 3.92. The Hall–Kier alpha value is -0.980. The maximum atomic E-state index is 12.3. The number of hydrogen-bond acceptors (Lipinski definition) is 5. The van der Waals surface area contributed by atoms with Crippen LogP contribution in [0.4, 0.5) is 0 Å². The van der Waals surface area contributed by atoms with Gasteiger partial charge < -0.3 is 9.64 Å². The highest BCUT2D eigenvalue weighted by Gasteiger charge is 2.38. The Morgan fingerprint density at radius 2 is 2.42 bits per heavy atom. The Morgan fingerprint density at radius 3 is 3.16 bits per heavy atom. The average molecular weight is 281 g/mol. The van der Waals surface area contributed by atoms with Gasteiger partial charge >= 0.3 is 0 Å². The lowest BCUT2D eigenvalue weighted by molar-refractivity contribution is 0.0549. The Morgan fingerprint density at radius 1 is 1.53 bits per heavy atom. The summed E-state index contributed by atoms with van der Waals surface area (Å²) in [5, 5.41) is 1.83. The highest BCUT2D eigenvalue weighted by molar-refractivity contribution is 7.07. The number of thiazole rings is 1. The molecule has 0 saturated carbocycles. The number of rotatable bonds is 3. The molecule has 6 heteroatoms. The van der Waals surface area contributed by atoms with Gasteiger partial charge in [0.05, 0.1) is 11.6 Å². The maximum Gasteiger partial charge on any atom is 0.273 e. The fourth-order valence-corrected chi connectivity index (χ4v) is 3.54. The fraction of sp³-hybridized carbons (Fsp3) is 0.692. The minimum absolute atomic E-state index is 0.0701. The lowest BCUT2D eigenvalue weighted by Crippen LogP contribution is -2.52. The van der Waals surface area contributed by atoms with Crippen molar-refractivity contribution < 1.29 is 9.53 Å². The van der Waals surface area contributed by atoms with Gasteiger partial charge in [0.25, 0.3) is 5.91 Å². The van der Waals surface area contributed by atoms with Crippen LogP contribution in [0.2, 0.25) is 0 Å². The summed E-state index contributed by atoms with van der Waals surface area (Å²) in [5.74, 6) is 0.0701. The SMILES string of the molecule is CCO[C@@H]1C[C@@H]2CN(C(=O)c3cscn3)CCN2C1. The molecule has 104 valence electrons. The quantitative estimate of drug-likeness (QED) is 0.831. The van der Waals surface area contributed by atoms with E-state index >= 15 is 0 Å². The predicted octanol–water partition coefficient (Wildman–Crippen LogP) is 1.08. The fourth-order valence-electron chi connectivity index (χ4n) is 3.02. The van der Waals surface area contributed by atoms with Crippen molar-refractivity contribution in [3.8, 4) is 0 Å². The molecule has 0 aromatic carbocycles. The zero-order chi connectivity index (χ0) is 13.2. The van der Waals surface area contributed by atoms with Crippen molar-refractivity contribution >= 4 is 17.2 Å². The van der Waals surface area contributed by atoms with Crippen molar-refractivity contribution in [1.82, 2.24) is 14.8 Å². The van der Waals surface area contributed by atoms with Gasteiger partial charge in [-0.15, -0.1) is 11.3 Å². The Labute approximate surface area is 117 Å². The van der Waals surface area contributed by atoms with Crippen molar-refractivity contribution in [2.24, 2.45) is 0 Å². The first-order valence-electron chi connectivity index (χ1n) is 6.81. The number of hydrogen-bond donors (Lipinski definition) is 0. The molecule has 0 bridgehead atoms. The summed E-state index contributed by atoms with van der Waals surface area (Å²) in [6.45, 7) is 6.37. The smallest absolute Gasteiger partial charge is 0.273 e. The Bertz CT molecular complexity index is 437. The summed E-state index contributed by atoms with van der Waals surface area (Å²) in [6, 6.07) is 0.452. The maximum absolute atomic E-state index is 12.3. The highest BCUT2D eigenvalue weighted by atomic mass is 32.1. The van der Waals surface area contributed by atoms with Crippen LogP contribution in [0, 0.1) is 0 Å².